The van der Waals surface area contributed by atoms with Gasteiger partial charge in [0.25, 0.3) is 5.78 Å². The van der Waals surface area contributed by atoms with Crippen molar-refractivity contribution in [2.45, 2.75) is 6.92 Å². The van der Waals surface area contributed by atoms with Crippen molar-refractivity contribution in [1.29, 1.82) is 5.53 Å². The van der Waals surface area contributed by atoms with Gasteiger partial charge in [-0.2, -0.15) is 0 Å². The van der Waals surface area contributed by atoms with E-state index in [9.17, 15) is 9.59 Å². The lowest BCUT2D eigenvalue weighted by atomic mass is 10.3. The van der Waals surface area contributed by atoms with Crippen LogP contribution in [0.2, 0.25) is 0 Å². The molecule has 0 unspecified atom stereocenters. The lowest BCUT2D eigenvalue weighted by molar-refractivity contribution is -0.152. The van der Waals surface area contributed by atoms with Crippen LogP contribution in [0.25, 0.3) is 0 Å². The quantitative estimate of drug-likeness (QED) is 0.224. The maximum atomic E-state index is 10.2. The number of nitrogens with one attached hydrogen (secondary N) is 1. The Morgan fingerprint density at radius 1 is 1.56 bits per heavy atom. The summed E-state index contributed by atoms with van der Waals surface area (Å²) in [6.07, 6.45) is 0. The summed E-state index contributed by atoms with van der Waals surface area (Å²) >= 11 is 0. The van der Waals surface area contributed by atoms with Gasteiger partial charge in [0.05, 0.1) is 10.3 Å². The van der Waals surface area contributed by atoms with Gasteiger partial charge in [-0.25, -0.2) is 4.79 Å². The van der Waals surface area contributed by atoms with Gasteiger partial charge in [-0.05, 0) is 0 Å². The molecule has 0 aromatic rings. The fraction of sp³-hybridized carbons (Fsp3) is 0.250. The third-order valence-corrected chi connectivity index (χ3v) is 0.648. The van der Waals surface area contributed by atoms with E-state index in [4.69, 9.17) is 10.6 Å². The molecule has 0 aromatic carbocycles. The minimum Gasteiger partial charge on any atom is -0.472 e. The zero-order valence-corrected chi connectivity index (χ0v) is 4.71. The van der Waals surface area contributed by atoms with Crippen LogP contribution in [0.4, 0.5) is 0 Å². The van der Waals surface area contributed by atoms with Crippen LogP contribution in [0.1, 0.15) is 6.92 Å². The van der Waals surface area contributed by atoms with E-state index in [0.717, 1.165) is 6.92 Å². The zero-order valence-electron chi connectivity index (χ0n) is 4.71. The highest BCUT2D eigenvalue weighted by atomic mass is 16.4. The number of carboxylic acids is 1. The Bertz CT molecular complexity index is 186. The normalized spacial score (nSPS) is 7.67. The number of hydrogen-bond donors (Lipinski definition) is 2. The van der Waals surface area contributed by atoms with E-state index >= 15 is 0 Å². The second kappa shape index (κ2) is 2.74. The lowest BCUT2D eigenvalue weighted by Gasteiger charge is -1.73. The van der Waals surface area contributed by atoms with Gasteiger partial charge in [-0.3, -0.25) is 4.79 Å². The first-order valence-electron chi connectivity index (χ1n) is 2.08. The number of Topliss-reactive ketones (excluding diaryl/α,β-unsaturated/α-hetero) is 1. The molecule has 0 atom stereocenters. The summed E-state index contributed by atoms with van der Waals surface area (Å²) in [4.78, 5) is 22.6. The van der Waals surface area contributed by atoms with E-state index < -0.39 is 17.5 Å². The average Bonchev–Trinajstić information content (AvgIpc) is 1.64. The third kappa shape index (κ3) is 1.84. The van der Waals surface area contributed by atoms with E-state index in [1.54, 1.807) is 0 Å². The largest absolute Gasteiger partial charge is 0.490 e. The summed E-state index contributed by atoms with van der Waals surface area (Å²) in [6.45, 7) is 1.04. The fourth-order valence-corrected chi connectivity index (χ4v) is 0.277. The molecular weight excluding hydrogens is 124 g/mol. The van der Waals surface area contributed by atoms with Crippen LogP contribution in [-0.4, -0.2) is 27.4 Å². The van der Waals surface area contributed by atoms with Gasteiger partial charge in [0.15, 0.2) is 0 Å². The molecule has 0 saturated heterocycles. The van der Waals surface area contributed by atoms with Crippen molar-refractivity contribution in [3.63, 3.8) is 0 Å². The third-order valence-electron chi connectivity index (χ3n) is 0.648. The monoisotopic (exact) mass is 129 g/mol. The Morgan fingerprint density at radius 3 is 2.00 bits per heavy atom. The summed E-state index contributed by atoms with van der Waals surface area (Å²) in [5.74, 6) is -2.17. The Labute approximate surface area is 50.5 Å². The first kappa shape index (κ1) is 7.52. The zero-order chi connectivity index (χ0) is 7.44. The number of carbonyl (C=O) groups is 2. The van der Waals surface area contributed by atoms with Gasteiger partial charge in [-0.1, -0.05) is 0 Å². The van der Waals surface area contributed by atoms with Gasteiger partial charge in [0.1, 0.15) is 0 Å². The first-order valence-corrected chi connectivity index (χ1v) is 2.08. The molecule has 0 spiro atoms. The van der Waals surface area contributed by atoms with Gasteiger partial charge >= 0.3 is 11.7 Å². The molecule has 48 valence electrons. The molecule has 9 heavy (non-hydrogen) atoms. The molecule has 2 N–H and O–H groups in total. The molecule has 5 nitrogen and oxygen atoms in total. The van der Waals surface area contributed by atoms with E-state index in [-0.39, 0.29) is 0 Å². The number of carbonyl (C=O) groups excluding carboxylic acids is 1. The Kier molecular flexibility index (Phi) is 2.29. The van der Waals surface area contributed by atoms with Crippen molar-refractivity contribution in [2.75, 3.05) is 0 Å². The molecule has 0 aliphatic rings. The SMILES string of the molecule is CC(=O)C(=[N+]=N)C(=O)O. The second-order valence-electron chi connectivity index (χ2n) is 1.32. The van der Waals surface area contributed by atoms with Crippen molar-refractivity contribution >= 4 is 17.5 Å². The van der Waals surface area contributed by atoms with Crippen LogP contribution >= 0.6 is 0 Å². The topological polar surface area (TPSA) is 92.3 Å². The highest BCUT2D eigenvalue weighted by molar-refractivity contribution is 6.61. The van der Waals surface area contributed by atoms with Crippen molar-refractivity contribution < 1.29 is 19.5 Å². The Morgan fingerprint density at radius 2 is 2.00 bits per heavy atom. The maximum Gasteiger partial charge on any atom is 0.490 e. The molecule has 0 fully saturated rings. The Hall–Kier alpha value is -1.48. The van der Waals surface area contributed by atoms with Gasteiger partial charge in [0, 0.05) is 6.92 Å². The highest BCUT2D eigenvalue weighted by Gasteiger charge is 2.27. The number of hydrogen-bond acceptors (Lipinski definition) is 3. The molecule has 0 bridgehead atoms. The molecule has 0 heterocycles. The first-order chi connectivity index (χ1) is 4.09. The summed E-state index contributed by atoms with van der Waals surface area (Å²) in [7, 11) is 0. The molecule has 0 saturated carbocycles. The number of aliphatic carboxylic acids is 1. The summed E-state index contributed by atoms with van der Waals surface area (Å²) in [5, 5.41) is 8.07. The summed E-state index contributed by atoms with van der Waals surface area (Å²) in [6, 6.07) is 0. The van der Waals surface area contributed by atoms with Crippen molar-refractivity contribution in [1.82, 2.24) is 0 Å². The molecule has 0 amide bonds. The Balaban J connectivity index is 4.59. The van der Waals surface area contributed by atoms with Crippen molar-refractivity contribution in [2.24, 2.45) is 0 Å². The van der Waals surface area contributed by atoms with Gasteiger partial charge < -0.3 is 5.11 Å². The van der Waals surface area contributed by atoms with Crippen LogP contribution in [-0.2, 0) is 9.59 Å². The molecule has 0 aliphatic carbocycles. The second-order valence-corrected chi connectivity index (χ2v) is 1.32. The van der Waals surface area contributed by atoms with E-state index in [1.165, 1.54) is 0 Å². The van der Waals surface area contributed by atoms with E-state index in [2.05, 4.69) is 4.79 Å². The van der Waals surface area contributed by atoms with Gasteiger partial charge in [0.2, 0.25) is 0 Å². The van der Waals surface area contributed by atoms with Crippen LogP contribution < -0.4 is 0 Å². The fourth-order valence-electron chi connectivity index (χ4n) is 0.277. The molecule has 0 radical (unpaired) electrons. The molecule has 5 heteroatoms. The molecule has 0 aliphatic heterocycles. The maximum absolute atomic E-state index is 10.2. The van der Waals surface area contributed by atoms with Crippen LogP contribution in [0.15, 0.2) is 0 Å². The van der Waals surface area contributed by atoms with E-state index in [0.29, 0.717) is 0 Å². The minimum absolute atomic E-state index is 0.711. The summed E-state index contributed by atoms with van der Waals surface area (Å²) < 4.78 is 0. The minimum atomic E-state index is -1.46. The highest BCUT2D eigenvalue weighted by Crippen LogP contribution is 1.73. The smallest absolute Gasteiger partial charge is 0.472 e. The standard InChI is InChI=1S/C4H4N2O3/c1-2(7)3(6-5)4(8)9/h5H,1H3/p+1. The van der Waals surface area contributed by atoms with Crippen molar-refractivity contribution in [3.8, 4) is 0 Å². The van der Waals surface area contributed by atoms with E-state index in [1.807, 2.05) is 0 Å². The average molecular weight is 129 g/mol. The molecule has 0 rings (SSSR count). The molecule has 0 aromatic heterocycles. The van der Waals surface area contributed by atoms with Gasteiger partial charge in [-0.15, -0.1) is 0 Å². The number of rotatable bonds is 2. The lowest BCUT2D eigenvalue weighted by Crippen LogP contribution is -2.21. The van der Waals surface area contributed by atoms with Crippen LogP contribution in [0, 0.1) is 5.53 Å². The number of ketones is 1. The predicted molar refractivity (Wildman–Crippen MR) is 26.3 cm³/mol. The van der Waals surface area contributed by atoms with Crippen LogP contribution in [0.3, 0.4) is 0 Å². The van der Waals surface area contributed by atoms with Crippen LogP contribution in [0.5, 0.6) is 0 Å². The summed E-state index contributed by atoms with van der Waals surface area (Å²) in [5.41, 5.74) is 5.47. The molecular formula is C4H5N2O3+. The number of carboxylic acid groups (broad SMARTS) is 1. The number of nitrogens with zero attached hydrogens (tertiary/aromatic N) is 1. The predicted octanol–water partition coefficient (Wildman–Crippen LogP) is -0.660. The van der Waals surface area contributed by atoms with Crippen molar-refractivity contribution in [3.05, 3.63) is 0 Å².